The second-order valence-corrected chi connectivity index (χ2v) is 6.29. The first-order valence-electron chi connectivity index (χ1n) is 8.29. The van der Waals surface area contributed by atoms with Crippen molar-refractivity contribution in [1.82, 2.24) is 14.5 Å². The molecule has 140 valence electrons. The van der Waals surface area contributed by atoms with E-state index >= 15 is 0 Å². The van der Waals surface area contributed by atoms with E-state index in [4.69, 9.17) is 0 Å². The number of halogens is 3. The average Bonchev–Trinajstić information content (AvgIpc) is 3.14. The van der Waals surface area contributed by atoms with Crippen molar-refractivity contribution in [2.75, 3.05) is 7.05 Å². The van der Waals surface area contributed by atoms with Crippen molar-refractivity contribution in [3.05, 3.63) is 89.5 Å². The lowest BCUT2D eigenvalue weighted by atomic mass is 10.1. The predicted molar refractivity (Wildman–Crippen MR) is 95.0 cm³/mol. The normalized spacial score (nSPS) is 11.4. The molecule has 0 radical (unpaired) electrons. The summed E-state index contributed by atoms with van der Waals surface area (Å²) in [7, 11) is 1.62. The molecule has 1 amide bonds. The van der Waals surface area contributed by atoms with Gasteiger partial charge in [0.05, 0.1) is 11.9 Å². The largest absolute Gasteiger partial charge is 0.416 e. The van der Waals surface area contributed by atoms with Gasteiger partial charge in [0.25, 0.3) is 5.91 Å². The minimum Gasteiger partial charge on any atom is -0.337 e. The van der Waals surface area contributed by atoms with E-state index in [1.807, 2.05) is 22.9 Å². The Balaban J connectivity index is 1.63. The predicted octanol–water partition coefficient (Wildman–Crippen LogP) is 4.22. The minimum absolute atomic E-state index is 0.191. The monoisotopic (exact) mass is 373 g/mol. The minimum atomic E-state index is -4.36. The third-order valence-corrected chi connectivity index (χ3v) is 4.17. The highest BCUT2D eigenvalue weighted by molar-refractivity contribution is 5.94. The highest BCUT2D eigenvalue weighted by Gasteiger charge is 2.30. The molecule has 0 aliphatic carbocycles. The number of carbonyl (C=O) groups is 1. The Morgan fingerprint density at radius 3 is 2.22 bits per heavy atom. The number of hydrogen-bond acceptors (Lipinski definition) is 2. The van der Waals surface area contributed by atoms with Gasteiger partial charge in [-0.05, 0) is 35.4 Å². The molecule has 0 N–H and O–H groups in total. The molecule has 0 bridgehead atoms. The number of rotatable bonds is 5. The molecule has 0 aliphatic rings. The molecule has 0 atom stereocenters. The van der Waals surface area contributed by atoms with Gasteiger partial charge in [-0.3, -0.25) is 4.79 Å². The average molecular weight is 373 g/mol. The van der Waals surface area contributed by atoms with Crippen LogP contribution in [-0.4, -0.2) is 27.4 Å². The summed E-state index contributed by atoms with van der Waals surface area (Å²) < 4.78 is 39.8. The zero-order valence-corrected chi connectivity index (χ0v) is 14.6. The molecule has 27 heavy (non-hydrogen) atoms. The number of alkyl halides is 3. The number of aromatic nitrogens is 2. The Morgan fingerprint density at radius 1 is 1.04 bits per heavy atom. The maximum atomic E-state index is 12.6. The number of carbonyl (C=O) groups excluding carboxylic acids is 1. The molecule has 4 nitrogen and oxygen atoms in total. The van der Waals surface area contributed by atoms with Gasteiger partial charge in [0.2, 0.25) is 0 Å². The summed E-state index contributed by atoms with van der Waals surface area (Å²) in [5.74, 6) is -0.191. The Labute approximate surface area is 154 Å². The summed E-state index contributed by atoms with van der Waals surface area (Å²) in [6, 6.07) is 12.1. The van der Waals surface area contributed by atoms with Crippen molar-refractivity contribution in [2.24, 2.45) is 0 Å². The molecule has 3 aromatic rings. The van der Waals surface area contributed by atoms with Crippen molar-refractivity contribution < 1.29 is 18.0 Å². The fourth-order valence-electron chi connectivity index (χ4n) is 2.71. The van der Waals surface area contributed by atoms with Crippen molar-refractivity contribution in [1.29, 1.82) is 0 Å². The number of benzene rings is 2. The zero-order chi connectivity index (χ0) is 19.4. The van der Waals surface area contributed by atoms with Gasteiger partial charge in [-0.25, -0.2) is 4.98 Å². The third kappa shape index (κ3) is 4.75. The van der Waals surface area contributed by atoms with Gasteiger partial charge in [0, 0.05) is 38.1 Å². The summed E-state index contributed by atoms with van der Waals surface area (Å²) in [4.78, 5) is 18.0. The van der Waals surface area contributed by atoms with Crippen LogP contribution in [0.4, 0.5) is 13.2 Å². The standard InChI is InChI=1S/C20H18F3N3O/c1-25(12-15-4-8-18(9-5-15)20(21,22)23)19(27)17-6-2-16(3-7-17)13-26-11-10-24-14-26/h2-11,14H,12-13H2,1H3. The van der Waals surface area contributed by atoms with Crippen molar-refractivity contribution in [3.63, 3.8) is 0 Å². The molecular weight excluding hydrogens is 355 g/mol. The van der Waals surface area contributed by atoms with Gasteiger partial charge in [-0.2, -0.15) is 13.2 Å². The quantitative estimate of drug-likeness (QED) is 0.672. The number of hydrogen-bond donors (Lipinski definition) is 0. The van der Waals surface area contributed by atoms with Crippen LogP contribution in [0.1, 0.15) is 27.0 Å². The van der Waals surface area contributed by atoms with Crippen LogP contribution in [0, 0.1) is 0 Å². The number of amides is 1. The van der Waals surface area contributed by atoms with Crippen LogP contribution >= 0.6 is 0 Å². The van der Waals surface area contributed by atoms with Gasteiger partial charge < -0.3 is 9.47 Å². The molecule has 1 heterocycles. The highest BCUT2D eigenvalue weighted by atomic mass is 19.4. The van der Waals surface area contributed by atoms with Crippen LogP contribution in [0.25, 0.3) is 0 Å². The summed E-state index contributed by atoms with van der Waals surface area (Å²) in [5, 5.41) is 0. The Kier molecular flexibility index (Phi) is 5.30. The molecule has 2 aromatic carbocycles. The van der Waals surface area contributed by atoms with Crippen LogP contribution in [0.2, 0.25) is 0 Å². The molecule has 0 fully saturated rings. The van der Waals surface area contributed by atoms with E-state index in [1.54, 1.807) is 31.7 Å². The lowest BCUT2D eigenvalue weighted by Gasteiger charge is -2.18. The molecule has 0 unspecified atom stereocenters. The Morgan fingerprint density at radius 2 is 1.67 bits per heavy atom. The van der Waals surface area contributed by atoms with Crippen LogP contribution < -0.4 is 0 Å². The van der Waals surface area contributed by atoms with Crippen LogP contribution in [0.5, 0.6) is 0 Å². The highest BCUT2D eigenvalue weighted by Crippen LogP contribution is 2.29. The van der Waals surface area contributed by atoms with Gasteiger partial charge in [0.1, 0.15) is 0 Å². The summed E-state index contributed by atoms with van der Waals surface area (Å²) in [6.07, 6.45) is 0.917. The van der Waals surface area contributed by atoms with E-state index in [9.17, 15) is 18.0 Å². The lowest BCUT2D eigenvalue weighted by molar-refractivity contribution is -0.137. The van der Waals surface area contributed by atoms with Crippen molar-refractivity contribution in [2.45, 2.75) is 19.3 Å². The molecule has 0 spiro atoms. The molecule has 1 aromatic heterocycles. The lowest BCUT2D eigenvalue weighted by Crippen LogP contribution is -2.26. The van der Waals surface area contributed by atoms with Crippen LogP contribution in [0.3, 0.4) is 0 Å². The second-order valence-electron chi connectivity index (χ2n) is 6.29. The summed E-state index contributed by atoms with van der Waals surface area (Å²) in [5.41, 5.74) is 1.50. The SMILES string of the molecule is CN(Cc1ccc(C(F)(F)F)cc1)C(=O)c1ccc(Cn2ccnc2)cc1. The fourth-order valence-corrected chi connectivity index (χ4v) is 2.71. The van der Waals surface area contributed by atoms with E-state index in [1.165, 1.54) is 17.0 Å². The Hall–Kier alpha value is -3.09. The number of imidazole rings is 1. The molecule has 0 aliphatic heterocycles. The molecule has 3 rings (SSSR count). The van der Waals surface area contributed by atoms with E-state index < -0.39 is 11.7 Å². The molecular formula is C20H18F3N3O. The summed E-state index contributed by atoms with van der Waals surface area (Å²) >= 11 is 0. The van der Waals surface area contributed by atoms with Crippen molar-refractivity contribution >= 4 is 5.91 Å². The van der Waals surface area contributed by atoms with E-state index in [0.29, 0.717) is 17.7 Å². The second kappa shape index (κ2) is 7.65. The zero-order valence-electron chi connectivity index (χ0n) is 14.6. The molecule has 0 saturated carbocycles. The first-order valence-corrected chi connectivity index (χ1v) is 8.29. The molecule has 0 saturated heterocycles. The van der Waals surface area contributed by atoms with Gasteiger partial charge in [0.15, 0.2) is 0 Å². The first kappa shape index (κ1) is 18.7. The van der Waals surface area contributed by atoms with E-state index in [2.05, 4.69) is 4.98 Å². The number of nitrogens with zero attached hydrogens (tertiary/aromatic N) is 3. The smallest absolute Gasteiger partial charge is 0.337 e. The topological polar surface area (TPSA) is 38.1 Å². The fraction of sp³-hybridized carbons (Fsp3) is 0.200. The van der Waals surface area contributed by atoms with Crippen LogP contribution in [0.15, 0.2) is 67.3 Å². The Bertz CT molecular complexity index is 886. The van der Waals surface area contributed by atoms with E-state index in [0.717, 1.165) is 17.7 Å². The maximum Gasteiger partial charge on any atom is 0.416 e. The first-order chi connectivity index (χ1) is 12.8. The third-order valence-electron chi connectivity index (χ3n) is 4.17. The van der Waals surface area contributed by atoms with Crippen LogP contribution in [-0.2, 0) is 19.3 Å². The van der Waals surface area contributed by atoms with Gasteiger partial charge in [-0.1, -0.05) is 24.3 Å². The summed E-state index contributed by atoms with van der Waals surface area (Å²) in [6.45, 7) is 0.892. The van der Waals surface area contributed by atoms with Crippen molar-refractivity contribution in [3.8, 4) is 0 Å². The van der Waals surface area contributed by atoms with Gasteiger partial charge >= 0.3 is 6.18 Å². The van der Waals surface area contributed by atoms with E-state index in [-0.39, 0.29) is 12.5 Å². The van der Waals surface area contributed by atoms with Gasteiger partial charge in [-0.15, -0.1) is 0 Å². The maximum absolute atomic E-state index is 12.6. The molecule has 7 heteroatoms.